The number of nitrogens with two attached hydrogens (primary N) is 1. The summed E-state index contributed by atoms with van der Waals surface area (Å²) in [5.41, 5.74) is 1.10. The molecule has 3 aliphatic carbocycles. The van der Waals surface area contributed by atoms with Gasteiger partial charge < -0.3 is 30.9 Å². The van der Waals surface area contributed by atoms with Crippen LogP contribution in [0.4, 0.5) is 0 Å². The Hall–Kier alpha value is -3.96. The fourth-order valence-corrected chi connectivity index (χ4v) is 6.12. The van der Waals surface area contributed by atoms with E-state index in [0.29, 0.717) is 5.56 Å². The average Bonchev–Trinajstić information content (AvgIpc) is 2.77. The number of hydrogen-bond donors (Lipinski definition) is 5. The summed E-state index contributed by atoms with van der Waals surface area (Å²) in [6.45, 7) is 3.79. The highest BCUT2D eigenvalue weighted by molar-refractivity contribution is 6.24. The number of aliphatic hydroxyl groups is 3. The largest absolute Gasteiger partial charge is 0.508 e. The number of hydrogen-bond acceptors (Lipinski definition) is 10. The van der Waals surface area contributed by atoms with Gasteiger partial charge in [0.1, 0.15) is 28.9 Å². The Morgan fingerprint density at radius 1 is 1.17 bits per heavy atom. The molecule has 4 aliphatic rings. The van der Waals surface area contributed by atoms with E-state index in [1.165, 1.54) is 31.1 Å². The molecule has 0 bridgehead atoms. The molecule has 1 saturated carbocycles. The zero-order chi connectivity index (χ0) is 25.7. The van der Waals surface area contributed by atoms with E-state index in [4.69, 9.17) is 10.5 Å². The van der Waals surface area contributed by atoms with Gasteiger partial charge in [-0.05, 0) is 25.7 Å². The number of amides is 1. The fourth-order valence-electron chi connectivity index (χ4n) is 6.12. The van der Waals surface area contributed by atoms with E-state index < -0.39 is 87.4 Å². The number of ketones is 2. The van der Waals surface area contributed by atoms with Crippen molar-refractivity contribution in [1.29, 1.82) is 0 Å². The molecule has 1 saturated heterocycles. The van der Waals surface area contributed by atoms with Crippen molar-refractivity contribution in [2.45, 2.75) is 23.7 Å². The summed E-state index contributed by atoms with van der Waals surface area (Å²) in [5, 5.41) is 44.3. The second-order valence-corrected chi connectivity index (χ2v) is 9.38. The summed E-state index contributed by atoms with van der Waals surface area (Å²) in [5.74, 6) is -10.3. The van der Waals surface area contributed by atoms with E-state index in [0.717, 1.165) is 0 Å². The standard InChI is InChI=1S/C24H22N2O9/c1-7-10-8-5-4-6-9(27)11(8)17(28)13-12(10)19(35-23(7)33)15-16(26(2)3)18(29)14(22(25)32)21(31)24(15,34)20(13)30/h4-6,10,12,15-16,19,27-28,31,34H,1H2,2-3H3,(H2,25,32)/t10-,12+,15+,16-,19-,24-/m0/s1. The van der Waals surface area contributed by atoms with Crippen LogP contribution in [-0.4, -0.2) is 80.6 Å². The third-order valence-corrected chi connectivity index (χ3v) is 7.51. The van der Waals surface area contributed by atoms with Crippen molar-refractivity contribution < 1.29 is 44.3 Å². The maximum absolute atomic E-state index is 13.9. The van der Waals surface area contributed by atoms with Crippen molar-refractivity contribution in [3.8, 4) is 5.75 Å². The summed E-state index contributed by atoms with van der Waals surface area (Å²) >= 11 is 0. The van der Waals surface area contributed by atoms with Crippen LogP contribution in [0.1, 0.15) is 17.0 Å². The smallest absolute Gasteiger partial charge is 0.334 e. The number of Topliss-reactive ketones (excluding diaryl/α,β-unsaturated/α-hetero) is 2. The highest BCUT2D eigenvalue weighted by Crippen LogP contribution is 2.60. The lowest BCUT2D eigenvalue weighted by Crippen LogP contribution is -2.72. The van der Waals surface area contributed by atoms with E-state index in [-0.39, 0.29) is 11.1 Å². The molecule has 6 atom stereocenters. The number of primary amides is 1. The summed E-state index contributed by atoms with van der Waals surface area (Å²) < 4.78 is 5.60. The number of ether oxygens (including phenoxy) is 1. The lowest BCUT2D eigenvalue weighted by atomic mass is 9.52. The number of carbonyl (C=O) groups excluding carboxylic acids is 4. The molecule has 6 N–H and O–H groups in total. The molecular formula is C24H22N2O9. The molecule has 1 aliphatic heterocycles. The van der Waals surface area contributed by atoms with Gasteiger partial charge in [0.05, 0.1) is 17.5 Å². The minimum atomic E-state index is -2.94. The van der Waals surface area contributed by atoms with Crippen molar-refractivity contribution in [3.63, 3.8) is 0 Å². The number of esters is 1. The predicted molar refractivity (Wildman–Crippen MR) is 118 cm³/mol. The maximum Gasteiger partial charge on any atom is 0.334 e. The molecule has 1 amide bonds. The van der Waals surface area contributed by atoms with E-state index in [1.54, 1.807) is 6.07 Å². The number of likely N-dealkylation sites (N-methyl/N-ethyl adjacent to an activating group) is 1. The quantitative estimate of drug-likeness (QED) is 0.211. The second kappa shape index (κ2) is 7.03. The molecule has 182 valence electrons. The minimum Gasteiger partial charge on any atom is -0.508 e. The molecule has 5 rings (SSSR count). The molecule has 35 heavy (non-hydrogen) atoms. The Kier molecular flexibility index (Phi) is 4.58. The molecule has 0 aromatic heterocycles. The molecule has 1 aromatic rings. The molecular weight excluding hydrogens is 460 g/mol. The third-order valence-electron chi connectivity index (χ3n) is 7.51. The molecule has 1 heterocycles. The van der Waals surface area contributed by atoms with Gasteiger partial charge >= 0.3 is 5.97 Å². The number of carbonyl (C=O) groups is 4. The highest BCUT2D eigenvalue weighted by Gasteiger charge is 2.71. The van der Waals surface area contributed by atoms with Crippen molar-refractivity contribution >= 4 is 29.2 Å². The molecule has 1 aromatic carbocycles. The zero-order valence-corrected chi connectivity index (χ0v) is 18.7. The van der Waals surface area contributed by atoms with Gasteiger partial charge in [-0.15, -0.1) is 0 Å². The number of rotatable bonds is 2. The highest BCUT2D eigenvalue weighted by atomic mass is 16.5. The molecule has 0 unspecified atom stereocenters. The van der Waals surface area contributed by atoms with Gasteiger partial charge in [-0.25, -0.2) is 4.79 Å². The number of phenolic OH excluding ortho intramolecular Hbond substituents is 1. The number of aromatic hydroxyl groups is 1. The molecule has 0 radical (unpaired) electrons. The van der Waals surface area contributed by atoms with E-state index >= 15 is 0 Å². The van der Waals surface area contributed by atoms with Gasteiger partial charge in [-0.2, -0.15) is 0 Å². The Labute approximate surface area is 198 Å². The minimum absolute atomic E-state index is 0.0533. The third kappa shape index (κ3) is 2.56. The van der Waals surface area contributed by atoms with Crippen molar-refractivity contribution in [3.05, 3.63) is 58.4 Å². The Balaban J connectivity index is 1.90. The number of aliphatic hydroxyl groups excluding tert-OH is 2. The Morgan fingerprint density at radius 3 is 2.43 bits per heavy atom. The van der Waals surface area contributed by atoms with Crippen LogP contribution in [0.3, 0.4) is 0 Å². The lowest BCUT2D eigenvalue weighted by Gasteiger charge is -2.56. The first-order chi connectivity index (χ1) is 16.3. The second-order valence-electron chi connectivity index (χ2n) is 9.38. The zero-order valence-electron chi connectivity index (χ0n) is 18.7. The molecule has 2 fully saturated rings. The first-order valence-corrected chi connectivity index (χ1v) is 10.7. The van der Waals surface area contributed by atoms with Crippen LogP contribution in [-0.2, 0) is 23.9 Å². The fraction of sp³-hybridized carbons (Fsp3) is 0.333. The van der Waals surface area contributed by atoms with Crippen LogP contribution in [0.2, 0.25) is 0 Å². The summed E-state index contributed by atoms with van der Waals surface area (Å²) in [4.78, 5) is 53.5. The SMILES string of the molecule is C=C1C(=O)O[C@H]2[C@H]3C(=C(O)c4c(O)cccc4[C@H]13)C(=O)[C@]1(O)C(O)=C(C(N)=O)C(=O)[C@@H](N(C)C)[C@H]21. The number of nitrogens with zero attached hydrogens (tertiary/aromatic N) is 1. The summed E-state index contributed by atoms with van der Waals surface area (Å²) in [6, 6.07) is 2.92. The summed E-state index contributed by atoms with van der Waals surface area (Å²) in [7, 11) is 2.90. The van der Waals surface area contributed by atoms with Gasteiger partial charge in [0, 0.05) is 23.0 Å². The van der Waals surface area contributed by atoms with Crippen molar-refractivity contribution in [1.82, 2.24) is 4.90 Å². The molecule has 11 nitrogen and oxygen atoms in total. The van der Waals surface area contributed by atoms with E-state index in [2.05, 4.69) is 6.58 Å². The Morgan fingerprint density at radius 2 is 1.83 bits per heavy atom. The normalized spacial score (nSPS) is 33.9. The monoisotopic (exact) mass is 482 g/mol. The van der Waals surface area contributed by atoms with Crippen LogP contribution < -0.4 is 5.73 Å². The first kappa shape index (κ1) is 22.8. The topological polar surface area (TPSA) is 188 Å². The predicted octanol–water partition coefficient (Wildman–Crippen LogP) is -0.403. The van der Waals surface area contributed by atoms with Gasteiger partial charge in [0.25, 0.3) is 5.91 Å². The number of phenols is 1. The van der Waals surface area contributed by atoms with Crippen LogP contribution in [0.25, 0.3) is 5.76 Å². The van der Waals surface area contributed by atoms with Gasteiger partial charge in [0.2, 0.25) is 5.78 Å². The average molecular weight is 482 g/mol. The van der Waals surface area contributed by atoms with Crippen LogP contribution in [0.5, 0.6) is 5.75 Å². The Bertz CT molecular complexity index is 1340. The lowest BCUT2D eigenvalue weighted by molar-refractivity contribution is -0.187. The summed E-state index contributed by atoms with van der Waals surface area (Å²) in [6.07, 6.45) is -1.40. The van der Waals surface area contributed by atoms with Gasteiger partial charge in [0.15, 0.2) is 11.4 Å². The maximum atomic E-state index is 13.9. The van der Waals surface area contributed by atoms with Gasteiger partial charge in [-0.1, -0.05) is 18.7 Å². The molecule has 0 spiro atoms. The van der Waals surface area contributed by atoms with Crippen molar-refractivity contribution in [2.75, 3.05) is 14.1 Å². The van der Waals surface area contributed by atoms with Crippen molar-refractivity contribution in [2.24, 2.45) is 17.6 Å². The van der Waals surface area contributed by atoms with Crippen LogP contribution in [0.15, 0.2) is 47.3 Å². The number of fused-ring (bicyclic) bond motifs is 4. The first-order valence-electron chi connectivity index (χ1n) is 10.7. The van der Waals surface area contributed by atoms with Crippen LogP contribution in [0, 0.1) is 11.8 Å². The van der Waals surface area contributed by atoms with Gasteiger partial charge in [-0.3, -0.25) is 19.3 Å². The van der Waals surface area contributed by atoms with Crippen LogP contribution >= 0.6 is 0 Å². The van der Waals surface area contributed by atoms with E-state index in [1.807, 2.05) is 0 Å². The number of benzene rings is 1. The molecule has 11 heteroatoms. The van der Waals surface area contributed by atoms with E-state index in [9.17, 15) is 39.6 Å².